The Kier molecular flexibility index (Phi) is 16.2. The lowest BCUT2D eigenvalue weighted by Gasteiger charge is -2.35. The average molecular weight is 585 g/mol. The van der Waals surface area contributed by atoms with Gasteiger partial charge in [0.15, 0.2) is 0 Å². The van der Waals surface area contributed by atoms with Crippen LogP contribution in [0.1, 0.15) is 82.1 Å². The smallest absolute Gasteiger partial charge is 0.101 e. The minimum Gasteiger partial charge on any atom is -0.393 e. The fourth-order valence-electron chi connectivity index (χ4n) is 4.62. The minimum atomic E-state index is -1.15. The molecule has 0 heterocycles. The first-order valence-corrected chi connectivity index (χ1v) is 15.2. The van der Waals surface area contributed by atoms with Crippen LogP contribution in [-0.4, -0.2) is 33.1 Å². The predicted molar refractivity (Wildman–Crippen MR) is 188 cm³/mol. The quantitative estimate of drug-likeness (QED) is 0.189. The highest BCUT2D eigenvalue weighted by atomic mass is 16.3. The molecule has 0 spiro atoms. The molecule has 1 unspecified atom stereocenters. The third-order valence-corrected chi connectivity index (χ3v) is 7.24. The number of hydrogen-bond acceptors (Lipinski definition) is 3. The standard InChI is InChI=1S/C40H56O3/c1-30(18-13-20-32(3)21-15-23-34(5)25-27-38(42)40(9,10)43)16-11-12-17-31(2)19-14-22-33(4)24-26-37-35(6)28-36(41)29-39(37,7)8/h11-27,36,38,41-43H,28-29H2,1-10H3/b12-11+,18-13+,19-14+,21-15+,26-24+,27-25+,30-16+,31-17+,32-20+,33-22+,34-23+/t36?,38-/m1/s1. The van der Waals surface area contributed by atoms with Gasteiger partial charge in [-0.1, -0.05) is 151 Å². The van der Waals surface area contributed by atoms with Gasteiger partial charge in [0, 0.05) is 0 Å². The van der Waals surface area contributed by atoms with Crippen molar-refractivity contribution in [3.05, 3.63) is 142 Å². The second-order valence-electron chi connectivity index (χ2n) is 12.9. The van der Waals surface area contributed by atoms with Crippen LogP contribution in [0.15, 0.2) is 142 Å². The molecule has 0 aliphatic heterocycles. The van der Waals surface area contributed by atoms with Crippen LogP contribution in [0.4, 0.5) is 0 Å². The van der Waals surface area contributed by atoms with Gasteiger partial charge in [-0.25, -0.2) is 0 Å². The number of aliphatic hydroxyl groups excluding tert-OH is 2. The molecule has 0 saturated heterocycles. The second kappa shape index (κ2) is 18.4. The van der Waals surface area contributed by atoms with Crippen molar-refractivity contribution < 1.29 is 15.3 Å². The van der Waals surface area contributed by atoms with Gasteiger partial charge in [-0.3, -0.25) is 0 Å². The summed E-state index contributed by atoms with van der Waals surface area (Å²) in [6.45, 7) is 20.0. The van der Waals surface area contributed by atoms with E-state index in [9.17, 15) is 15.3 Å². The van der Waals surface area contributed by atoms with Crippen LogP contribution in [0.2, 0.25) is 0 Å². The van der Waals surface area contributed by atoms with Crippen molar-refractivity contribution in [2.75, 3.05) is 0 Å². The number of aliphatic hydroxyl groups is 3. The van der Waals surface area contributed by atoms with Crippen LogP contribution < -0.4 is 0 Å². The summed E-state index contributed by atoms with van der Waals surface area (Å²) in [4.78, 5) is 0. The highest BCUT2D eigenvalue weighted by Crippen LogP contribution is 2.41. The maximum Gasteiger partial charge on any atom is 0.101 e. The van der Waals surface area contributed by atoms with Gasteiger partial charge in [0.2, 0.25) is 0 Å². The molecule has 2 atom stereocenters. The maximum atomic E-state index is 10.1. The lowest BCUT2D eigenvalue weighted by Crippen LogP contribution is -2.34. The van der Waals surface area contributed by atoms with Gasteiger partial charge in [0.1, 0.15) is 6.10 Å². The fraction of sp³-hybridized carbons (Fsp3) is 0.400. The molecule has 43 heavy (non-hydrogen) atoms. The van der Waals surface area contributed by atoms with E-state index in [-0.39, 0.29) is 11.5 Å². The summed E-state index contributed by atoms with van der Waals surface area (Å²) in [5.74, 6) is 0. The average Bonchev–Trinajstić information content (AvgIpc) is 2.88. The van der Waals surface area contributed by atoms with Crippen molar-refractivity contribution in [2.45, 2.75) is 99.9 Å². The van der Waals surface area contributed by atoms with Crippen LogP contribution in [0.25, 0.3) is 0 Å². The molecule has 0 radical (unpaired) electrons. The fourth-order valence-corrected chi connectivity index (χ4v) is 4.62. The first-order valence-electron chi connectivity index (χ1n) is 15.2. The minimum absolute atomic E-state index is 0.00222. The topological polar surface area (TPSA) is 60.7 Å². The summed E-state index contributed by atoms with van der Waals surface area (Å²) in [6.07, 6.45) is 35.0. The van der Waals surface area contributed by atoms with Gasteiger partial charge < -0.3 is 15.3 Å². The summed E-state index contributed by atoms with van der Waals surface area (Å²) < 4.78 is 0. The van der Waals surface area contributed by atoms with E-state index in [4.69, 9.17) is 0 Å². The second-order valence-corrected chi connectivity index (χ2v) is 12.9. The highest BCUT2D eigenvalue weighted by molar-refractivity contribution is 5.38. The Labute approximate surface area is 262 Å². The Bertz CT molecular complexity index is 1290. The van der Waals surface area contributed by atoms with E-state index in [0.29, 0.717) is 0 Å². The Morgan fingerprint density at radius 1 is 0.721 bits per heavy atom. The van der Waals surface area contributed by atoms with Gasteiger partial charge in [-0.05, 0) is 79.2 Å². The molecule has 0 amide bonds. The van der Waals surface area contributed by atoms with Crippen molar-refractivity contribution in [2.24, 2.45) is 5.41 Å². The van der Waals surface area contributed by atoms with Gasteiger partial charge >= 0.3 is 0 Å². The van der Waals surface area contributed by atoms with Crippen molar-refractivity contribution in [1.82, 2.24) is 0 Å². The van der Waals surface area contributed by atoms with E-state index >= 15 is 0 Å². The lowest BCUT2D eigenvalue weighted by molar-refractivity contribution is -0.0226. The van der Waals surface area contributed by atoms with Crippen LogP contribution in [0, 0.1) is 5.41 Å². The highest BCUT2D eigenvalue weighted by Gasteiger charge is 2.31. The van der Waals surface area contributed by atoms with Crippen molar-refractivity contribution in [1.29, 1.82) is 0 Å². The molecule has 1 rings (SSSR count). The number of hydrogen-bond donors (Lipinski definition) is 3. The van der Waals surface area contributed by atoms with Crippen molar-refractivity contribution in [3.63, 3.8) is 0 Å². The van der Waals surface area contributed by atoms with E-state index in [1.54, 1.807) is 19.9 Å². The Morgan fingerprint density at radius 3 is 1.53 bits per heavy atom. The number of rotatable bonds is 13. The molecule has 234 valence electrons. The molecule has 0 aromatic carbocycles. The van der Waals surface area contributed by atoms with Gasteiger partial charge in [0.05, 0.1) is 11.7 Å². The van der Waals surface area contributed by atoms with E-state index < -0.39 is 11.7 Å². The van der Waals surface area contributed by atoms with Crippen molar-refractivity contribution >= 4 is 0 Å². The summed E-state index contributed by atoms with van der Waals surface area (Å²) in [6, 6.07) is 0. The van der Waals surface area contributed by atoms with E-state index in [1.807, 2.05) is 50.3 Å². The third-order valence-electron chi connectivity index (χ3n) is 7.24. The van der Waals surface area contributed by atoms with E-state index in [2.05, 4.69) is 102 Å². The molecule has 3 N–H and O–H groups in total. The van der Waals surface area contributed by atoms with E-state index in [1.165, 1.54) is 22.3 Å². The Hall–Kier alpha value is -3.24. The van der Waals surface area contributed by atoms with Crippen LogP contribution in [0.3, 0.4) is 0 Å². The molecule has 0 aromatic rings. The summed E-state index contributed by atoms with van der Waals surface area (Å²) >= 11 is 0. The molecule has 0 aromatic heterocycles. The van der Waals surface area contributed by atoms with E-state index in [0.717, 1.165) is 29.6 Å². The number of allylic oxidation sites excluding steroid dienone is 22. The predicted octanol–water partition coefficient (Wildman–Crippen LogP) is 9.68. The molecule has 0 bridgehead atoms. The van der Waals surface area contributed by atoms with Gasteiger partial charge in [0.25, 0.3) is 0 Å². The molecule has 3 nitrogen and oxygen atoms in total. The third kappa shape index (κ3) is 16.3. The lowest BCUT2D eigenvalue weighted by atomic mass is 9.71. The molecular formula is C40H56O3. The SMILES string of the molecule is CC1=C(/C=C/C(C)=C/C=C/C(C)=C/C=C/C=C(C)/C=C/C=C(C)/C=C/C=C(C)/C=C/[C@@H](O)C(C)(C)O)C(C)(C)CC(O)C1. The summed E-state index contributed by atoms with van der Waals surface area (Å²) in [5, 5.41) is 29.8. The molecular weight excluding hydrogens is 528 g/mol. The maximum absolute atomic E-state index is 10.1. The first-order chi connectivity index (χ1) is 20.0. The zero-order valence-corrected chi connectivity index (χ0v) is 28.2. The van der Waals surface area contributed by atoms with Crippen LogP contribution in [-0.2, 0) is 0 Å². The zero-order chi connectivity index (χ0) is 32.6. The normalized spacial score (nSPS) is 21.3. The molecule has 0 saturated carbocycles. The molecule has 1 aliphatic carbocycles. The molecule has 3 heteroatoms. The molecule has 1 aliphatic rings. The summed E-state index contributed by atoms with van der Waals surface area (Å²) in [5.41, 5.74) is 7.10. The monoisotopic (exact) mass is 584 g/mol. The first kappa shape index (κ1) is 37.8. The van der Waals surface area contributed by atoms with Gasteiger partial charge in [-0.2, -0.15) is 0 Å². The Balaban J connectivity index is 2.63. The largest absolute Gasteiger partial charge is 0.393 e. The summed E-state index contributed by atoms with van der Waals surface area (Å²) in [7, 11) is 0. The Morgan fingerprint density at radius 2 is 1.12 bits per heavy atom. The van der Waals surface area contributed by atoms with Crippen LogP contribution in [0.5, 0.6) is 0 Å². The molecule has 0 fully saturated rings. The van der Waals surface area contributed by atoms with Gasteiger partial charge in [-0.15, -0.1) is 0 Å². The van der Waals surface area contributed by atoms with Crippen LogP contribution >= 0.6 is 0 Å². The van der Waals surface area contributed by atoms with Crippen molar-refractivity contribution in [3.8, 4) is 0 Å². The zero-order valence-electron chi connectivity index (χ0n) is 28.2.